The third kappa shape index (κ3) is 2.32. The molecule has 2 heterocycles. The summed E-state index contributed by atoms with van der Waals surface area (Å²) in [6.45, 7) is 3.04. The highest BCUT2D eigenvalue weighted by atomic mass is 35.5. The maximum atomic E-state index is 12.4. The van der Waals surface area contributed by atoms with Crippen LogP contribution in [-0.2, 0) is 19.4 Å². The number of hydrogen-bond acceptors (Lipinski definition) is 4. The van der Waals surface area contributed by atoms with Gasteiger partial charge in [0.2, 0.25) is 0 Å². The van der Waals surface area contributed by atoms with Gasteiger partial charge in [-0.1, -0.05) is 17.7 Å². The summed E-state index contributed by atoms with van der Waals surface area (Å²) in [6.07, 6.45) is 2.77. The zero-order valence-electron chi connectivity index (χ0n) is 14.5. The average molecular weight is 368 g/mol. The van der Waals surface area contributed by atoms with Crippen LogP contribution in [-0.4, -0.2) is 6.73 Å². The Morgan fingerprint density at radius 1 is 1.08 bits per heavy atom. The molecule has 4 nitrogen and oxygen atoms in total. The molecule has 0 amide bonds. The van der Waals surface area contributed by atoms with Crippen LogP contribution in [0.25, 0.3) is 11.0 Å². The van der Waals surface area contributed by atoms with Crippen LogP contribution in [0.3, 0.4) is 0 Å². The van der Waals surface area contributed by atoms with Crippen molar-refractivity contribution in [2.45, 2.75) is 32.7 Å². The Morgan fingerprint density at radius 3 is 2.77 bits per heavy atom. The van der Waals surface area contributed by atoms with Crippen molar-refractivity contribution in [1.29, 1.82) is 0 Å². The van der Waals surface area contributed by atoms with E-state index in [1.807, 2.05) is 37.3 Å². The first-order valence-electron chi connectivity index (χ1n) is 8.86. The first-order chi connectivity index (χ1) is 12.6. The highest BCUT2D eigenvalue weighted by Crippen LogP contribution is 2.37. The fourth-order valence-electron chi connectivity index (χ4n) is 4.00. The van der Waals surface area contributed by atoms with Crippen molar-refractivity contribution in [3.8, 4) is 5.75 Å². The third-order valence-electron chi connectivity index (χ3n) is 5.45. The van der Waals surface area contributed by atoms with E-state index < -0.39 is 0 Å². The Labute approximate surface area is 155 Å². The molecule has 132 valence electrons. The van der Waals surface area contributed by atoms with E-state index in [0.717, 1.165) is 63.4 Å². The molecule has 5 heteroatoms. The number of ether oxygens (including phenoxy) is 1. The largest absolute Gasteiger partial charge is 0.473 e. The molecule has 5 rings (SSSR count). The van der Waals surface area contributed by atoms with Crippen molar-refractivity contribution in [2.24, 2.45) is 0 Å². The van der Waals surface area contributed by atoms with E-state index in [9.17, 15) is 4.79 Å². The summed E-state index contributed by atoms with van der Waals surface area (Å²) in [7, 11) is 0. The fraction of sp³-hybridized carbons (Fsp3) is 0.286. The standard InChI is InChI=1S/C21H18ClNO3/c1-12-5-6-13(9-18(12)22)23-10-17-19(25-11-23)8-7-15-14-3-2-4-16(14)21(24)26-20(15)17/h5-9H,2-4,10-11H2,1H3. The van der Waals surface area contributed by atoms with Crippen LogP contribution >= 0.6 is 11.6 Å². The molecule has 0 bridgehead atoms. The molecule has 0 unspecified atom stereocenters. The number of rotatable bonds is 1. The number of nitrogens with zero attached hydrogens (tertiary/aromatic N) is 1. The van der Waals surface area contributed by atoms with Crippen molar-refractivity contribution in [1.82, 2.24) is 0 Å². The second-order valence-electron chi connectivity index (χ2n) is 7.02. The van der Waals surface area contributed by atoms with Gasteiger partial charge in [0, 0.05) is 21.7 Å². The lowest BCUT2D eigenvalue weighted by Crippen LogP contribution is -2.32. The lowest BCUT2D eigenvalue weighted by atomic mass is 10.0. The van der Waals surface area contributed by atoms with E-state index >= 15 is 0 Å². The number of anilines is 1. The van der Waals surface area contributed by atoms with Crippen LogP contribution in [0.5, 0.6) is 5.75 Å². The van der Waals surface area contributed by atoms with Gasteiger partial charge < -0.3 is 14.1 Å². The molecule has 2 aromatic carbocycles. The smallest absolute Gasteiger partial charge is 0.339 e. The zero-order valence-corrected chi connectivity index (χ0v) is 15.2. The number of aryl methyl sites for hydroxylation is 2. The molecule has 0 atom stereocenters. The van der Waals surface area contributed by atoms with Crippen LogP contribution in [0.15, 0.2) is 39.5 Å². The van der Waals surface area contributed by atoms with Gasteiger partial charge in [-0.3, -0.25) is 0 Å². The normalized spacial score (nSPS) is 15.7. The minimum absolute atomic E-state index is 0.200. The van der Waals surface area contributed by atoms with Gasteiger partial charge in [0.15, 0.2) is 6.73 Å². The number of fused-ring (bicyclic) bond motifs is 5. The Bertz CT molecular complexity index is 1100. The predicted molar refractivity (Wildman–Crippen MR) is 102 cm³/mol. The highest BCUT2D eigenvalue weighted by Gasteiger charge is 2.26. The number of hydrogen-bond donors (Lipinski definition) is 0. The van der Waals surface area contributed by atoms with Crippen LogP contribution in [0.4, 0.5) is 5.69 Å². The van der Waals surface area contributed by atoms with Gasteiger partial charge in [-0.05, 0) is 61.6 Å². The quantitative estimate of drug-likeness (QED) is 0.589. The molecule has 0 saturated heterocycles. The lowest BCUT2D eigenvalue weighted by molar-refractivity contribution is 0.289. The van der Waals surface area contributed by atoms with Gasteiger partial charge >= 0.3 is 5.63 Å². The maximum Gasteiger partial charge on any atom is 0.339 e. The fourth-order valence-corrected chi connectivity index (χ4v) is 4.17. The van der Waals surface area contributed by atoms with Crippen LogP contribution in [0.2, 0.25) is 5.02 Å². The Morgan fingerprint density at radius 2 is 1.92 bits per heavy atom. The molecule has 1 aromatic heterocycles. The van der Waals surface area contributed by atoms with Gasteiger partial charge in [-0.15, -0.1) is 0 Å². The summed E-state index contributed by atoms with van der Waals surface area (Å²) in [5.74, 6) is 0.785. The second-order valence-corrected chi connectivity index (χ2v) is 7.43. The molecule has 0 N–H and O–H groups in total. The SMILES string of the molecule is Cc1ccc(N2COc3ccc4c5c(c(=O)oc4c3C2)CCC5)cc1Cl. The molecule has 2 aliphatic rings. The van der Waals surface area contributed by atoms with E-state index in [4.69, 9.17) is 20.8 Å². The minimum Gasteiger partial charge on any atom is -0.473 e. The van der Waals surface area contributed by atoms with Crippen molar-refractivity contribution in [3.63, 3.8) is 0 Å². The summed E-state index contributed by atoms with van der Waals surface area (Å²) in [6, 6.07) is 10.0. The summed E-state index contributed by atoms with van der Waals surface area (Å²) in [5, 5.41) is 1.78. The molecular formula is C21H18ClNO3. The molecule has 3 aromatic rings. The first kappa shape index (κ1) is 15.8. The minimum atomic E-state index is -0.200. The Balaban J connectivity index is 1.64. The van der Waals surface area contributed by atoms with E-state index in [1.54, 1.807) is 0 Å². The first-order valence-corrected chi connectivity index (χ1v) is 9.24. The lowest BCUT2D eigenvalue weighted by Gasteiger charge is -2.31. The molecule has 26 heavy (non-hydrogen) atoms. The maximum absolute atomic E-state index is 12.4. The summed E-state index contributed by atoms with van der Waals surface area (Å²) in [4.78, 5) is 14.5. The zero-order chi connectivity index (χ0) is 17.8. The predicted octanol–water partition coefficient (Wildman–Crippen LogP) is 4.60. The molecular weight excluding hydrogens is 350 g/mol. The Kier molecular flexibility index (Phi) is 3.50. The highest BCUT2D eigenvalue weighted by molar-refractivity contribution is 6.31. The molecule has 1 aliphatic carbocycles. The molecule has 0 saturated carbocycles. The van der Waals surface area contributed by atoms with Crippen LogP contribution < -0.4 is 15.3 Å². The van der Waals surface area contributed by atoms with Crippen molar-refractivity contribution in [2.75, 3.05) is 11.6 Å². The third-order valence-corrected chi connectivity index (χ3v) is 5.85. The summed E-state index contributed by atoms with van der Waals surface area (Å²) in [5.41, 5.74) is 5.42. The number of benzene rings is 2. The van der Waals surface area contributed by atoms with Crippen LogP contribution in [0, 0.1) is 6.92 Å². The van der Waals surface area contributed by atoms with Gasteiger partial charge in [0.1, 0.15) is 11.3 Å². The molecule has 1 aliphatic heterocycles. The van der Waals surface area contributed by atoms with Crippen molar-refractivity contribution in [3.05, 3.63) is 68.0 Å². The molecule has 0 fully saturated rings. The second kappa shape index (κ2) is 5.78. The number of halogens is 1. The van der Waals surface area contributed by atoms with Gasteiger partial charge in [-0.2, -0.15) is 0 Å². The van der Waals surface area contributed by atoms with Crippen molar-refractivity contribution >= 4 is 28.3 Å². The van der Waals surface area contributed by atoms with E-state index in [1.165, 1.54) is 0 Å². The summed E-state index contributed by atoms with van der Waals surface area (Å²) >= 11 is 6.29. The average Bonchev–Trinajstić information content (AvgIpc) is 3.14. The van der Waals surface area contributed by atoms with Crippen LogP contribution in [0.1, 0.15) is 28.7 Å². The van der Waals surface area contributed by atoms with E-state index in [2.05, 4.69) is 4.90 Å². The van der Waals surface area contributed by atoms with E-state index in [-0.39, 0.29) is 5.63 Å². The van der Waals surface area contributed by atoms with Gasteiger partial charge in [0.25, 0.3) is 0 Å². The molecule has 0 radical (unpaired) electrons. The van der Waals surface area contributed by atoms with Gasteiger partial charge in [-0.25, -0.2) is 4.79 Å². The van der Waals surface area contributed by atoms with Crippen molar-refractivity contribution < 1.29 is 9.15 Å². The molecule has 0 spiro atoms. The topological polar surface area (TPSA) is 42.7 Å². The summed E-state index contributed by atoms with van der Waals surface area (Å²) < 4.78 is 11.7. The van der Waals surface area contributed by atoms with E-state index in [0.29, 0.717) is 18.9 Å². The van der Waals surface area contributed by atoms with Gasteiger partial charge in [0.05, 0.1) is 12.1 Å². The Hall–Kier alpha value is -2.46. The monoisotopic (exact) mass is 367 g/mol.